The molecule has 2 N–H and O–H groups in total. The maximum absolute atomic E-state index is 13.0. The van der Waals surface area contributed by atoms with E-state index in [1.54, 1.807) is 122 Å². The van der Waals surface area contributed by atoms with Crippen molar-refractivity contribution in [2.45, 2.75) is 195 Å². The van der Waals surface area contributed by atoms with E-state index in [4.69, 9.17) is 126 Å². The Labute approximate surface area is 823 Å². The molecule has 0 radical (unpaired) electrons. The van der Waals surface area contributed by atoms with Crippen molar-refractivity contribution in [2.75, 3.05) is 32.7 Å². The van der Waals surface area contributed by atoms with Crippen LogP contribution in [0.3, 0.4) is 0 Å². The first-order valence-corrected chi connectivity index (χ1v) is 45.1. The number of carbonyl (C=O) groups excluding carboxylic acids is 6. The molecule has 1 saturated carbocycles. The van der Waals surface area contributed by atoms with Crippen molar-refractivity contribution in [3.05, 3.63) is 307 Å². The molecule has 4 spiro atoms. The number of halogens is 13. The second kappa shape index (κ2) is 42.3. The van der Waals surface area contributed by atoms with Gasteiger partial charge in [-0.3, -0.25) is 9.59 Å². The summed E-state index contributed by atoms with van der Waals surface area (Å²) in [6.07, 6.45) is -0.818. The largest absolute Gasteiger partial charge is 2.00 e. The first kappa shape index (κ1) is 104. The third-order valence-electron chi connectivity index (χ3n) is 22.0. The molecule has 9 aromatic carbocycles. The number of ketones is 1. The number of aliphatic hydroxyl groups is 2. The zero-order valence-electron chi connectivity index (χ0n) is 71.9. The van der Waals surface area contributed by atoms with Gasteiger partial charge in [-0.1, -0.05) is 199 Å². The van der Waals surface area contributed by atoms with E-state index >= 15 is 0 Å². The number of Topliss-reactive ketones (excluding diaryl/α,β-unsaturated/α-hetero) is 1. The van der Waals surface area contributed by atoms with Crippen molar-refractivity contribution < 1.29 is 107 Å². The van der Waals surface area contributed by atoms with Gasteiger partial charge in [-0.15, -0.1) is 19.2 Å². The fourth-order valence-corrected chi connectivity index (χ4v) is 19.0. The van der Waals surface area contributed by atoms with Crippen LogP contribution in [0.5, 0.6) is 5.75 Å². The van der Waals surface area contributed by atoms with Crippen molar-refractivity contribution in [1.82, 2.24) is 14.7 Å². The summed E-state index contributed by atoms with van der Waals surface area (Å²) >= 11 is 51.3. The Balaban J connectivity index is 0.000000167. The van der Waals surface area contributed by atoms with Crippen LogP contribution >= 0.6 is 109 Å². The summed E-state index contributed by atoms with van der Waals surface area (Å²) in [4.78, 5) is 78.6. The second-order valence-corrected chi connectivity index (χ2v) is 38.8. The van der Waals surface area contributed by atoms with Gasteiger partial charge < -0.3 is 74.9 Å². The molecule has 4 amide bonds. The van der Waals surface area contributed by atoms with Crippen LogP contribution in [0.1, 0.15) is 204 Å². The molecule has 0 bridgehead atoms. The van der Waals surface area contributed by atoms with Crippen molar-refractivity contribution in [3.8, 4) is 5.75 Å². The molecule has 9 aromatic rings. The quantitative estimate of drug-likeness (QED) is 0.0537. The topological polar surface area (TPSA) is 226 Å². The van der Waals surface area contributed by atoms with Crippen LogP contribution in [0, 0.1) is 6.07 Å². The van der Waals surface area contributed by atoms with Crippen LogP contribution in [0.15, 0.2) is 194 Å². The minimum absolute atomic E-state index is 0. The average molecular weight is 2070 g/mol. The van der Waals surface area contributed by atoms with Gasteiger partial charge in [0, 0.05) is 122 Å². The summed E-state index contributed by atoms with van der Waals surface area (Å²) in [5.74, 6) is -4.11. The normalized spacial score (nSPS) is 21.3. The summed E-state index contributed by atoms with van der Waals surface area (Å²) in [5.41, 5.74) is 4.72. The monoisotopic (exact) mass is 2060 g/mol. The summed E-state index contributed by atoms with van der Waals surface area (Å²) in [7, 11) is 0. The molecule has 1 aliphatic carbocycles. The minimum atomic E-state index is -4.62. The number of rotatable bonds is 5. The number of hydrogen-bond donors (Lipinski definition) is 2. The van der Waals surface area contributed by atoms with Gasteiger partial charge in [-0.05, 0) is 201 Å². The number of esters is 1. The Morgan fingerprint density at radius 1 is 0.481 bits per heavy atom. The minimum Gasteiger partial charge on any atom is -1.00 e. The zero-order chi connectivity index (χ0) is 92.2. The van der Waals surface area contributed by atoms with Gasteiger partial charge in [0.25, 0.3) is 0 Å². The molecule has 17 rings (SSSR count). The van der Waals surface area contributed by atoms with Gasteiger partial charge in [0.05, 0.1) is 12.0 Å². The Morgan fingerprint density at radius 2 is 0.884 bits per heavy atom. The maximum atomic E-state index is 13.0. The smallest absolute Gasteiger partial charge is 1.00 e. The van der Waals surface area contributed by atoms with Crippen molar-refractivity contribution in [2.24, 2.45) is 0 Å². The van der Waals surface area contributed by atoms with Crippen molar-refractivity contribution >= 4 is 168 Å². The molecule has 5 unspecified atom stereocenters. The number of nitrogens with zero attached hydrogens (tertiary/aromatic N) is 3. The Morgan fingerprint density at radius 3 is 1.33 bits per heavy atom. The molecule has 7 aliphatic heterocycles. The van der Waals surface area contributed by atoms with E-state index in [2.05, 4.69) is 38.9 Å². The molecule has 33 heteroatoms. The van der Waals surface area contributed by atoms with Crippen LogP contribution in [-0.4, -0.2) is 140 Å². The van der Waals surface area contributed by atoms with E-state index in [0.29, 0.717) is 150 Å². The number of fused-ring (bicyclic) bond motifs is 8. The maximum Gasteiger partial charge on any atom is 2.00 e. The number of carbonyl (C=O) groups is 6. The van der Waals surface area contributed by atoms with Gasteiger partial charge in [0.1, 0.15) is 56.8 Å². The standard InChI is InChI=1S/C23H23Cl2NO5.C23H25Cl2NO4.C19H16Cl2O2.C17H21NO4.C8H6BrF3O.C6H3Cl2.BrH.Mg/c1-21(2,3)30-20(28)26-9-8-22(13-19(26)27)17-6-4-5-7-18(17)23(29,31-22)14-10-15(24)12-16(25)11-14;1-21(2,3)29-20(27)26-10-8-22(9-11-26)18-6-4-5-7-19(18)23(28,30-22)15-12-16(24)14-17(25)13-15;20-13-8-12(9-14(21)10-13)18-16-5-1-2-6-17(16)19(23-18)7-3-4-15(22)11-19;1-16(2,3)22-15(20)18-10-8-17(9-11-18)13-7-5-4-6-12(13)14(19)21-17;9-5-6-1-3-7(4-2-6)13-8(10,11)12;7-5-2-1-3-6(8)4-5;;/h4-7,10-12,29H,8-9,13H2,1-3H3;4-7,12-14,28H,8-11H2,1-3H3;1-2,5-6,8-10,18H,3-4,7,11H2;4-7H,8-11H2,1-3H3;1-4H,5H2;2-4H;1H;/q;;;;;-1;;+2/p-1. The van der Waals surface area contributed by atoms with E-state index in [-0.39, 0.29) is 88.8 Å². The Bertz CT molecular complexity index is 5500. The van der Waals surface area contributed by atoms with Gasteiger partial charge in [0.2, 0.25) is 17.5 Å². The fourth-order valence-electron chi connectivity index (χ4n) is 16.6. The molecule has 129 heavy (non-hydrogen) atoms. The molecule has 0 aromatic heterocycles. The summed E-state index contributed by atoms with van der Waals surface area (Å²) in [5, 5.41) is 27.9. The van der Waals surface area contributed by atoms with Gasteiger partial charge in [0.15, 0.2) is 0 Å². The van der Waals surface area contributed by atoms with Crippen LogP contribution in [-0.2, 0) is 82.1 Å². The van der Waals surface area contributed by atoms with E-state index in [1.165, 1.54) is 12.1 Å². The summed E-state index contributed by atoms with van der Waals surface area (Å²) in [6.45, 7) is 18.4. The molecule has 4 fully saturated rings. The van der Waals surface area contributed by atoms with Crippen LogP contribution in [0.2, 0.25) is 40.2 Å². The van der Waals surface area contributed by atoms with Crippen LogP contribution in [0.25, 0.3) is 0 Å². The average Bonchev–Trinajstić information content (AvgIpc) is 1.56. The van der Waals surface area contributed by atoms with Gasteiger partial charge in [-0.2, -0.15) is 41.4 Å². The third-order valence-corrected chi connectivity index (χ3v) is 24.4. The second-order valence-electron chi connectivity index (χ2n) is 34.8. The molecule has 682 valence electrons. The fraction of sp³-hybridized carbons (Fsp3) is 0.375. The predicted molar refractivity (Wildman–Crippen MR) is 490 cm³/mol. The van der Waals surface area contributed by atoms with Crippen LogP contribution in [0.4, 0.5) is 27.6 Å². The number of hydrogen-bond acceptors (Lipinski definition) is 16. The number of benzene rings is 9. The number of piperidine rings is 3. The first-order chi connectivity index (χ1) is 59.6. The number of likely N-dealkylation sites (tertiary alicyclic amines) is 3. The molecule has 8 aliphatic rings. The van der Waals surface area contributed by atoms with Crippen LogP contribution < -0.4 is 21.7 Å². The van der Waals surface area contributed by atoms with E-state index in [0.717, 1.165) is 51.1 Å². The molecular formula is C96H94Br2Cl8F3MgN3O16. The summed E-state index contributed by atoms with van der Waals surface area (Å²) < 4.78 is 79.9. The molecule has 5 atom stereocenters. The van der Waals surface area contributed by atoms with E-state index < -0.39 is 69.1 Å². The van der Waals surface area contributed by atoms with Crippen molar-refractivity contribution in [1.29, 1.82) is 0 Å². The van der Waals surface area contributed by atoms with E-state index in [9.17, 15) is 52.2 Å². The van der Waals surface area contributed by atoms with E-state index in [1.807, 2.05) is 120 Å². The number of ether oxygens (including phenoxy) is 8. The predicted octanol–water partition coefficient (Wildman–Crippen LogP) is 21.8. The zero-order valence-corrected chi connectivity index (χ0v) is 82.6. The Kier molecular flexibility index (Phi) is 34.1. The molecule has 7 heterocycles. The third kappa shape index (κ3) is 25.4. The first-order valence-electron chi connectivity index (χ1n) is 40.9. The molecule has 19 nitrogen and oxygen atoms in total. The number of alkyl halides is 4. The molecule has 3 saturated heterocycles. The van der Waals surface area contributed by atoms with Gasteiger partial charge in [-0.25, -0.2) is 24.1 Å². The SMILES string of the molecule is CC(C)(C)OC(=O)N1CCC2(CC1)OC(=O)c1ccccc12.CC(C)(C)OC(=O)N1CCC2(CC1)OC(O)(c1cc(Cl)cc(Cl)c1)c1ccccc12.CC(C)(C)OC(=O)N1CCC2(CC1=O)OC(O)(c1cc(Cl)cc(Cl)c1)c1ccccc12.Clc1c[c-]cc(Cl)c1.FC(F)(F)Oc1ccc(CBr)cc1.O=C1CCCC2(C1)OC(c1cc(Cl)cc(Cl)c1)c1ccccc12.[Br-].[Mg+2]. The Hall–Kier alpha value is -6.96. The van der Waals surface area contributed by atoms with Gasteiger partial charge >= 0.3 is 53.7 Å². The number of amides is 4. The summed E-state index contributed by atoms with van der Waals surface area (Å²) in [6, 6.07) is 59.1. The van der Waals surface area contributed by atoms with Crippen molar-refractivity contribution in [3.63, 3.8) is 0 Å². The number of imide groups is 1. The molecular weight excluding hydrogens is 1980 g/mol.